The lowest BCUT2D eigenvalue weighted by atomic mass is 9.95. The van der Waals surface area contributed by atoms with E-state index in [4.69, 9.17) is 0 Å². The van der Waals surface area contributed by atoms with Crippen LogP contribution in [0, 0.1) is 0 Å². The summed E-state index contributed by atoms with van der Waals surface area (Å²) in [6.45, 7) is 4.56. The highest BCUT2D eigenvalue weighted by molar-refractivity contribution is 7.09. The molecule has 0 aliphatic carbocycles. The Morgan fingerprint density at radius 2 is 2.06 bits per heavy atom. The summed E-state index contributed by atoms with van der Waals surface area (Å²) in [5, 5.41) is 4.22. The van der Waals surface area contributed by atoms with Crippen LogP contribution in [0.15, 0.2) is 24.0 Å². The smallest absolute Gasteiger partial charge is 0.0794 e. The molecule has 2 aromatic rings. The molecule has 2 atom stereocenters. The van der Waals surface area contributed by atoms with Gasteiger partial charge in [-0.3, -0.25) is 9.67 Å². The number of hydrogen-bond donors (Lipinski definition) is 0. The van der Waals surface area contributed by atoms with Crippen LogP contribution >= 0.6 is 11.3 Å². The molecule has 2 unspecified atom stereocenters. The monoisotopic (exact) mass is 249 g/mol. The lowest BCUT2D eigenvalue weighted by Crippen LogP contribution is -2.04. The number of aromatic nitrogens is 3. The zero-order chi connectivity index (χ0) is 12.3. The van der Waals surface area contributed by atoms with Gasteiger partial charge in [-0.2, -0.15) is 5.10 Å². The third kappa shape index (κ3) is 2.94. The van der Waals surface area contributed by atoms with Crippen molar-refractivity contribution in [2.24, 2.45) is 7.05 Å². The molecule has 0 fully saturated rings. The summed E-state index contributed by atoms with van der Waals surface area (Å²) in [5.41, 5.74) is 3.23. The van der Waals surface area contributed by atoms with Crippen LogP contribution in [0.4, 0.5) is 0 Å². The Labute approximate surface area is 107 Å². The van der Waals surface area contributed by atoms with Crippen molar-refractivity contribution < 1.29 is 0 Å². The van der Waals surface area contributed by atoms with Crippen LogP contribution < -0.4 is 0 Å². The standard InChI is InChI=1S/C13H19N3S/c1-10(12-6-7-15-16(12)3)4-5-11(2)13-8-14-9-17-13/h6-11H,4-5H2,1-3H3. The first kappa shape index (κ1) is 12.3. The van der Waals surface area contributed by atoms with Crippen molar-refractivity contribution in [3.8, 4) is 0 Å². The van der Waals surface area contributed by atoms with Gasteiger partial charge in [0, 0.05) is 30.0 Å². The zero-order valence-electron chi connectivity index (χ0n) is 10.6. The van der Waals surface area contributed by atoms with E-state index in [1.54, 1.807) is 11.3 Å². The average Bonchev–Trinajstić information content (AvgIpc) is 2.95. The second-order valence-corrected chi connectivity index (χ2v) is 5.58. The van der Waals surface area contributed by atoms with Crippen molar-refractivity contribution in [3.05, 3.63) is 34.5 Å². The molecule has 0 spiro atoms. The van der Waals surface area contributed by atoms with E-state index in [2.05, 4.69) is 30.0 Å². The predicted molar refractivity (Wildman–Crippen MR) is 71.4 cm³/mol. The van der Waals surface area contributed by atoms with Crippen LogP contribution in [0.3, 0.4) is 0 Å². The van der Waals surface area contributed by atoms with Crippen LogP contribution in [0.1, 0.15) is 49.1 Å². The van der Waals surface area contributed by atoms with Gasteiger partial charge in [0.1, 0.15) is 0 Å². The summed E-state index contributed by atoms with van der Waals surface area (Å²) in [6.07, 6.45) is 6.26. The SMILES string of the molecule is CC(CCC(C)c1ccnn1C)c1cncs1. The molecule has 0 radical (unpaired) electrons. The van der Waals surface area contributed by atoms with Crippen LogP contribution in [0.5, 0.6) is 0 Å². The van der Waals surface area contributed by atoms with Gasteiger partial charge in [-0.15, -0.1) is 11.3 Å². The average molecular weight is 249 g/mol. The van der Waals surface area contributed by atoms with E-state index in [0.29, 0.717) is 11.8 Å². The fourth-order valence-electron chi connectivity index (χ4n) is 2.13. The van der Waals surface area contributed by atoms with Crippen molar-refractivity contribution in [1.82, 2.24) is 14.8 Å². The lowest BCUT2D eigenvalue weighted by molar-refractivity contribution is 0.545. The van der Waals surface area contributed by atoms with Crippen molar-refractivity contribution in [2.75, 3.05) is 0 Å². The van der Waals surface area contributed by atoms with Gasteiger partial charge in [-0.1, -0.05) is 13.8 Å². The molecular formula is C13H19N3S. The molecule has 0 aromatic carbocycles. The first-order valence-corrected chi connectivity index (χ1v) is 6.92. The maximum atomic E-state index is 4.22. The Balaban J connectivity index is 1.88. The Hall–Kier alpha value is -1.16. The molecule has 0 saturated carbocycles. The molecule has 0 aliphatic heterocycles. The molecule has 3 nitrogen and oxygen atoms in total. The molecule has 17 heavy (non-hydrogen) atoms. The van der Waals surface area contributed by atoms with Gasteiger partial charge in [0.25, 0.3) is 0 Å². The third-order valence-electron chi connectivity index (χ3n) is 3.33. The quantitative estimate of drug-likeness (QED) is 0.811. The van der Waals surface area contributed by atoms with Gasteiger partial charge in [0.05, 0.1) is 5.51 Å². The van der Waals surface area contributed by atoms with E-state index in [0.717, 1.165) is 0 Å². The Morgan fingerprint density at radius 1 is 1.29 bits per heavy atom. The van der Waals surface area contributed by atoms with E-state index in [-0.39, 0.29) is 0 Å². The van der Waals surface area contributed by atoms with Crippen molar-refractivity contribution >= 4 is 11.3 Å². The molecule has 0 saturated heterocycles. The Kier molecular flexibility index (Phi) is 3.94. The molecule has 0 amide bonds. The molecule has 0 N–H and O–H groups in total. The van der Waals surface area contributed by atoms with Crippen LogP contribution in [0.2, 0.25) is 0 Å². The highest BCUT2D eigenvalue weighted by Gasteiger charge is 2.13. The van der Waals surface area contributed by atoms with Gasteiger partial charge in [0.2, 0.25) is 0 Å². The first-order chi connectivity index (χ1) is 8.18. The molecule has 2 heterocycles. The summed E-state index contributed by atoms with van der Waals surface area (Å²) in [7, 11) is 2.01. The minimum absolute atomic E-state index is 0.567. The number of hydrogen-bond acceptors (Lipinski definition) is 3. The van der Waals surface area contributed by atoms with Crippen LogP contribution in [-0.2, 0) is 7.05 Å². The highest BCUT2D eigenvalue weighted by Crippen LogP contribution is 2.28. The van der Waals surface area contributed by atoms with E-state index in [9.17, 15) is 0 Å². The largest absolute Gasteiger partial charge is 0.272 e. The van der Waals surface area contributed by atoms with Gasteiger partial charge in [-0.05, 0) is 30.7 Å². The molecule has 4 heteroatoms. The normalized spacial score (nSPS) is 14.8. The maximum absolute atomic E-state index is 4.22. The minimum atomic E-state index is 0.567. The van der Waals surface area contributed by atoms with Gasteiger partial charge < -0.3 is 0 Å². The number of rotatable bonds is 5. The number of nitrogens with zero attached hydrogens (tertiary/aromatic N) is 3. The fourth-order valence-corrected chi connectivity index (χ4v) is 2.84. The highest BCUT2D eigenvalue weighted by atomic mass is 32.1. The van der Waals surface area contributed by atoms with Gasteiger partial charge in [-0.25, -0.2) is 0 Å². The summed E-state index contributed by atoms with van der Waals surface area (Å²) < 4.78 is 1.97. The molecule has 0 aliphatic rings. The van der Waals surface area contributed by atoms with Crippen LogP contribution in [-0.4, -0.2) is 14.8 Å². The van der Waals surface area contributed by atoms with Crippen molar-refractivity contribution in [1.29, 1.82) is 0 Å². The predicted octanol–water partition coefficient (Wildman–Crippen LogP) is 3.56. The Morgan fingerprint density at radius 3 is 2.65 bits per heavy atom. The lowest BCUT2D eigenvalue weighted by Gasteiger charge is -2.14. The van der Waals surface area contributed by atoms with Gasteiger partial charge >= 0.3 is 0 Å². The van der Waals surface area contributed by atoms with E-state index in [1.165, 1.54) is 23.4 Å². The van der Waals surface area contributed by atoms with E-state index >= 15 is 0 Å². The second-order valence-electron chi connectivity index (χ2n) is 4.66. The molecule has 92 valence electrons. The molecule has 2 rings (SSSR count). The molecule has 2 aromatic heterocycles. The van der Waals surface area contributed by atoms with Crippen molar-refractivity contribution in [3.63, 3.8) is 0 Å². The molecular weight excluding hydrogens is 230 g/mol. The zero-order valence-corrected chi connectivity index (χ0v) is 11.4. The second kappa shape index (κ2) is 5.45. The minimum Gasteiger partial charge on any atom is -0.272 e. The summed E-state index contributed by atoms with van der Waals surface area (Å²) in [6, 6.07) is 2.11. The first-order valence-electron chi connectivity index (χ1n) is 6.04. The summed E-state index contributed by atoms with van der Waals surface area (Å²) in [4.78, 5) is 5.53. The van der Waals surface area contributed by atoms with Gasteiger partial charge in [0.15, 0.2) is 0 Å². The summed E-state index contributed by atoms with van der Waals surface area (Å²) in [5.74, 6) is 1.18. The molecule has 0 bridgehead atoms. The topological polar surface area (TPSA) is 30.7 Å². The maximum Gasteiger partial charge on any atom is 0.0794 e. The van der Waals surface area contributed by atoms with Crippen molar-refractivity contribution in [2.45, 2.75) is 38.5 Å². The Bertz CT molecular complexity index is 447. The number of thiazole rings is 1. The third-order valence-corrected chi connectivity index (χ3v) is 4.34. The summed E-state index contributed by atoms with van der Waals surface area (Å²) >= 11 is 1.75. The number of aryl methyl sites for hydroxylation is 1. The van der Waals surface area contributed by atoms with E-state index in [1.807, 2.05) is 29.6 Å². The van der Waals surface area contributed by atoms with Crippen LogP contribution in [0.25, 0.3) is 0 Å². The fraction of sp³-hybridized carbons (Fsp3) is 0.538. The van der Waals surface area contributed by atoms with E-state index < -0.39 is 0 Å².